The first-order chi connectivity index (χ1) is 24.7. The Morgan fingerprint density at radius 1 is 0.824 bits per heavy atom. The SMILES string of the molecule is Cn1cc(Br)c2ncccc21.Cn1cc(C(=O)c2ccc(CN3C(=O)c4ccc(Cl)cc4CC(=O)[C@H]3Cc3ccccn3)cc2)c2ncccc21. The molecule has 9 nitrogen and oxygen atoms in total. The number of carbonyl (C=O) groups is 3. The number of aromatic nitrogens is 5. The fraction of sp³-hybridized carbons (Fsp3) is 0.150. The molecule has 0 N–H and O–H groups in total. The molecular weight excluding hydrogens is 728 g/mol. The minimum Gasteiger partial charge on any atom is -0.348 e. The molecule has 6 heterocycles. The van der Waals surface area contributed by atoms with E-state index in [2.05, 4.69) is 30.9 Å². The third-order valence-electron chi connectivity index (χ3n) is 9.06. The summed E-state index contributed by atoms with van der Waals surface area (Å²) in [5.74, 6) is -0.439. The van der Waals surface area contributed by atoms with Gasteiger partial charge in [-0.15, -0.1) is 0 Å². The largest absolute Gasteiger partial charge is 0.348 e. The number of Topliss-reactive ketones (excluding diaryl/α,β-unsaturated/α-hetero) is 1. The highest BCUT2D eigenvalue weighted by atomic mass is 79.9. The van der Waals surface area contributed by atoms with Crippen molar-refractivity contribution in [2.75, 3.05) is 0 Å². The third kappa shape index (κ3) is 6.97. The number of benzene rings is 2. The summed E-state index contributed by atoms with van der Waals surface area (Å²) in [4.78, 5) is 55.4. The molecule has 1 aliphatic heterocycles. The smallest absolute Gasteiger partial charge is 0.255 e. The molecule has 2 aromatic carbocycles. The summed E-state index contributed by atoms with van der Waals surface area (Å²) in [6.07, 6.45) is 9.37. The molecule has 8 rings (SSSR count). The van der Waals surface area contributed by atoms with E-state index in [1.807, 2.05) is 84.0 Å². The van der Waals surface area contributed by atoms with Crippen LogP contribution in [0.1, 0.15) is 43.1 Å². The summed E-state index contributed by atoms with van der Waals surface area (Å²) in [7, 11) is 3.89. The maximum atomic E-state index is 13.8. The number of hydrogen-bond acceptors (Lipinski definition) is 6. The van der Waals surface area contributed by atoms with Crippen LogP contribution >= 0.6 is 27.5 Å². The number of amides is 1. The number of rotatable bonds is 6. The number of carbonyl (C=O) groups excluding carboxylic acids is 3. The van der Waals surface area contributed by atoms with Crippen molar-refractivity contribution in [2.45, 2.75) is 25.4 Å². The van der Waals surface area contributed by atoms with Crippen LogP contribution in [0.2, 0.25) is 5.02 Å². The van der Waals surface area contributed by atoms with Gasteiger partial charge in [0.25, 0.3) is 5.91 Å². The zero-order valence-corrected chi connectivity index (χ0v) is 30.2. The van der Waals surface area contributed by atoms with Crippen LogP contribution in [-0.2, 0) is 38.3 Å². The minimum absolute atomic E-state index is 0.0738. The lowest BCUT2D eigenvalue weighted by Crippen LogP contribution is -2.44. The Hall–Kier alpha value is -5.45. The monoisotopic (exact) mass is 758 g/mol. The van der Waals surface area contributed by atoms with Gasteiger partial charge in [0.2, 0.25) is 0 Å². The second-order valence-corrected chi connectivity index (χ2v) is 13.7. The molecule has 0 fully saturated rings. The van der Waals surface area contributed by atoms with Crippen molar-refractivity contribution in [1.82, 2.24) is 29.0 Å². The lowest BCUT2D eigenvalue weighted by molar-refractivity contribution is -0.122. The van der Waals surface area contributed by atoms with Crippen molar-refractivity contribution in [2.24, 2.45) is 14.1 Å². The zero-order chi connectivity index (χ0) is 35.6. The van der Waals surface area contributed by atoms with Gasteiger partial charge in [-0.2, -0.15) is 0 Å². The molecule has 1 atom stereocenters. The fourth-order valence-electron chi connectivity index (χ4n) is 6.48. The predicted octanol–water partition coefficient (Wildman–Crippen LogP) is 7.57. The van der Waals surface area contributed by atoms with E-state index in [4.69, 9.17) is 11.6 Å². The molecule has 0 saturated heterocycles. The van der Waals surface area contributed by atoms with E-state index in [9.17, 15) is 14.4 Å². The molecule has 0 radical (unpaired) electrons. The van der Waals surface area contributed by atoms with Gasteiger partial charge in [-0.1, -0.05) is 41.9 Å². The fourth-order valence-corrected chi connectivity index (χ4v) is 7.28. The van der Waals surface area contributed by atoms with Crippen molar-refractivity contribution in [3.8, 4) is 0 Å². The van der Waals surface area contributed by atoms with Crippen LogP contribution in [0.5, 0.6) is 0 Å². The summed E-state index contributed by atoms with van der Waals surface area (Å²) in [6.45, 7) is 0.203. The van der Waals surface area contributed by atoms with Crippen molar-refractivity contribution in [1.29, 1.82) is 0 Å². The average Bonchev–Trinajstić information content (AvgIpc) is 3.61. The quantitative estimate of drug-likeness (QED) is 0.162. The highest BCUT2D eigenvalue weighted by Gasteiger charge is 2.35. The van der Waals surface area contributed by atoms with Gasteiger partial charge in [-0.25, -0.2) is 0 Å². The molecule has 0 aliphatic carbocycles. The maximum Gasteiger partial charge on any atom is 0.255 e. The van der Waals surface area contributed by atoms with Crippen LogP contribution in [0.15, 0.2) is 120 Å². The maximum absolute atomic E-state index is 13.8. The van der Waals surface area contributed by atoms with E-state index in [-0.39, 0.29) is 30.4 Å². The Labute approximate surface area is 307 Å². The van der Waals surface area contributed by atoms with Crippen molar-refractivity contribution < 1.29 is 14.4 Å². The molecule has 5 aromatic heterocycles. The molecule has 0 unspecified atom stereocenters. The first kappa shape index (κ1) is 34.0. The molecular formula is C40H32BrClN6O3. The highest BCUT2D eigenvalue weighted by molar-refractivity contribution is 9.10. The molecule has 254 valence electrons. The van der Waals surface area contributed by atoms with Gasteiger partial charge in [0.05, 0.1) is 32.6 Å². The van der Waals surface area contributed by atoms with Gasteiger partial charge in [0.1, 0.15) is 5.52 Å². The first-order valence-electron chi connectivity index (χ1n) is 16.3. The van der Waals surface area contributed by atoms with Crippen LogP contribution < -0.4 is 0 Å². The molecule has 1 aliphatic rings. The molecule has 1 amide bonds. The number of aryl methyl sites for hydroxylation is 2. The van der Waals surface area contributed by atoms with Gasteiger partial charge in [0, 0.05) is 86.3 Å². The highest BCUT2D eigenvalue weighted by Crippen LogP contribution is 2.28. The van der Waals surface area contributed by atoms with Crippen LogP contribution in [0.25, 0.3) is 22.1 Å². The van der Waals surface area contributed by atoms with E-state index < -0.39 is 6.04 Å². The molecule has 0 saturated carbocycles. The number of fused-ring (bicyclic) bond motifs is 3. The van der Waals surface area contributed by atoms with E-state index in [1.54, 1.807) is 60.0 Å². The van der Waals surface area contributed by atoms with E-state index in [1.165, 1.54) is 0 Å². The standard InChI is InChI=1S/C32H25ClN4O3.C8H7BrN2/c1-36-19-26(30-27(36)6-4-14-35-30)31(39)21-9-7-20(8-10-21)18-37-28(17-24-5-2-3-13-34-24)29(38)16-22-15-23(33)11-12-25(22)32(37)40;1-11-5-6(9)8-7(11)3-2-4-10-8/h2-15,19,28H,16-18H2,1H3;2-5H,1H3/t28-;/m1./s1. The van der Waals surface area contributed by atoms with Crippen LogP contribution in [0.3, 0.4) is 0 Å². The summed E-state index contributed by atoms with van der Waals surface area (Å²) >= 11 is 9.63. The zero-order valence-electron chi connectivity index (χ0n) is 27.8. The average molecular weight is 760 g/mol. The van der Waals surface area contributed by atoms with Crippen molar-refractivity contribution in [3.05, 3.63) is 159 Å². The minimum atomic E-state index is -0.698. The second kappa shape index (κ2) is 14.4. The Kier molecular flexibility index (Phi) is 9.62. The Bertz CT molecular complexity index is 2390. The van der Waals surface area contributed by atoms with Gasteiger partial charge >= 0.3 is 0 Å². The van der Waals surface area contributed by atoms with Gasteiger partial charge in [0.15, 0.2) is 11.6 Å². The van der Waals surface area contributed by atoms with E-state index in [0.29, 0.717) is 39.2 Å². The molecule has 0 bridgehead atoms. The third-order valence-corrected chi connectivity index (χ3v) is 9.87. The topological polar surface area (TPSA) is 103 Å². The molecule has 0 spiro atoms. The van der Waals surface area contributed by atoms with Gasteiger partial charge in [-0.05, 0) is 81.7 Å². The molecule has 11 heteroatoms. The Morgan fingerprint density at radius 2 is 1.51 bits per heavy atom. The number of ketones is 2. The number of hydrogen-bond donors (Lipinski definition) is 0. The lowest BCUT2D eigenvalue weighted by atomic mass is 9.99. The van der Waals surface area contributed by atoms with Crippen LogP contribution in [0.4, 0.5) is 0 Å². The van der Waals surface area contributed by atoms with Crippen molar-refractivity contribution >= 4 is 67.1 Å². The van der Waals surface area contributed by atoms with E-state index >= 15 is 0 Å². The number of pyridine rings is 3. The van der Waals surface area contributed by atoms with E-state index in [0.717, 1.165) is 32.3 Å². The Morgan fingerprint density at radius 3 is 2.22 bits per heavy atom. The van der Waals surface area contributed by atoms with Crippen LogP contribution in [-0.4, -0.2) is 52.5 Å². The first-order valence-corrected chi connectivity index (χ1v) is 17.5. The predicted molar refractivity (Wildman–Crippen MR) is 201 cm³/mol. The van der Waals surface area contributed by atoms with Crippen LogP contribution in [0, 0.1) is 0 Å². The van der Waals surface area contributed by atoms with Crippen molar-refractivity contribution in [3.63, 3.8) is 0 Å². The lowest BCUT2D eigenvalue weighted by Gasteiger charge is -2.29. The Balaban J connectivity index is 0.000000313. The summed E-state index contributed by atoms with van der Waals surface area (Å²) in [6, 6.07) is 24.8. The van der Waals surface area contributed by atoms with Gasteiger partial charge in [-0.3, -0.25) is 29.3 Å². The summed E-state index contributed by atoms with van der Waals surface area (Å²) in [5, 5.41) is 0.482. The van der Waals surface area contributed by atoms with Gasteiger partial charge < -0.3 is 14.0 Å². The molecule has 7 aromatic rings. The number of nitrogens with zero attached hydrogens (tertiary/aromatic N) is 6. The second-order valence-electron chi connectivity index (χ2n) is 12.4. The summed E-state index contributed by atoms with van der Waals surface area (Å²) < 4.78 is 4.99. The number of halogens is 2. The summed E-state index contributed by atoms with van der Waals surface area (Å²) in [5.41, 5.74) is 7.39. The normalized spacial score (nSPS) is 14.3. The molecule has 51 heavy (non-hydrogen) atoms.